The van der Waals surface area contributed by atoms with Gasteiger partial charge in [-0.25, -0.2) is 0 Å². The smallest absolute Gasteiger partial charge is 0.387 e. The van der Waals surface area contributed by atoms with Gasteiger partial charge in [-0.05, 0) is 13.8 Å². The predicted octanol–water partition coefficient (Wildman–Crippen LogP) is 2.71. The number of non-ortho nitro benzene ring substituents is 1. The van der Waals surface area contributed by atoms with Crippen molar-refractivity contribution in [3.63, 3.8) is 0 Å². The van der Waals surface area contributed by atoms with Gasteiger partial charge in [0.1, 0.15) is 5.75 Å². The van der Waals surface area contributed by atoms with Gasteiger partial charge in [0.05, 0.1) is 11.0 Å². The highest BCUT2D eigenvalue weighted by Gasteiger charge is 2.19. The number of nitrogens with zero attached hydrogens (tertiary/aromatic N) is 1. The summed E-state index contributed by atoms with van der Waals surface area (Å²) < 4.78 is 28.3. The lowest BCUT2D eigenvalue weighted by Crippen LogP contribution is -2.07. The second-order valence-electron chi connectivity index (χ2n) is 3.31. The number of rotatable bonds is 4. The Labute approximate surface area is 95.2 Å². The Kier molecular flexibility index (Phi) is 3.72. The SMILES string of the molecule is CC(=O)c1cc([N+](=O)[O-])cc(OC(F)F)c1C. The average Bonchev–Trinajstić information content (AvgIpc) is 2.19. The maximum Gasteiger partial charge on any atom is 0.387 e. The summed E-state index contributed by atoms with van der Waals surface area (Å²) in [4.78, 5) is 21.0. The molecule has 0 fully saturated rings. The first-order valence-corrected chi connectivity index (χ1v) is 4.57. The summed E-state index contributed by atoms with van der Waals surface area (Å²) in [7, 11) is 0. The van der Waals surface area contributed by atoms with E-state index in [2.05, 4.69) is 4.74 Å². The molecule has 17 heavy (non-hydrogen) atoms. The standard InChI is InChI=1S/C10H9F2NO4/c1-5-8(6(2)14)3-7(13(15)16)4-9(5)17-10(11)12/h3-4,10H,1-2H3. The Morgan fingerprint density at radius 3 is 2.47 bits per heavy atom. The van der Waals surface area contributed by atoms with Crippen LogP contribution in [0.1, 0.15) is 22.8 Å². The lowest BCUT2D eigenvalue weighted by Gasteiger charge is -2.10. The van der Waals surface area contributed by atoms with E-state index < -0.39 is 23.0 Å². The van der Waals surface area contributed by atoms with Gasteiger partial charge in [0.25, 0.3) is 5.69 Å². The van der Waals surface area contributed by atoms with Gasteiger partial charge in [-0.3, -0.25) is 14.9 Å². The monoisotopic (exact) mass is 245 g/mol. The van der Waals surface area contributed by atoms with Gasteiger partial charge >= 0.3 is 6.61 Å². The highest BCUT2D eigenvalue weighted by molar-refractivity contribution is 5.96. The number of alkyl halides is 2. The maximum atomic E-state index is 12.1. The summed E-state index contributed by atoms with van der Waals surface area (Å²) in [5.74, 6) is -0.815. The third-order valence-electron chi connectivity index (χ3n) is 2.15. The first-order valence-electron chi connectivity index (χ1n) is 4.57. The van der Waals surface area contributed by atoms with Crippen LogP contribution in [0.15, 0.2) is 12.1 Å². The van der Waals surface area contributed by atoms with Crippen molar-refractivity contribution >= 4 is 11.5 Å². The van der Waals surface area contributed by atoms with Gasteiger partial charge in [0, 0.05) is 17.2 Å². The number of carbonyl (C=O) groups is 1. The Morgan fingerprint density at radius 2 is 2.06 bits per heavy atom. The largest absolute Gasteiger partial charge is 0.434 e. The minimum absolute atomic E-state index is 0.00477. The van der Waals surface area contributed by atoms with Crippen LogP contribution in [0.2, 0.25) is 0 Å². The first-order chi connectivity index (χ1) is 7.82. The van der Waals surface area contributed by atoms with Gasteiger partial charge in [0.2, 0.25) is 0 Å². The third kappa shape index (κ3) is 2.96. The van der Waals surface area contributed by atoms with E-state index in [9.17, 15) is 23.7 Å². The Balaban J connectivity index is 3.37. The van der Waals surface area contributed by atoms with Gasteiger partial charge in [0.15, 0.2) is 5.78 Å². The lowest BCUT2D eigenvalue weighted by molar-refractivity contribution is -0.385. The highest BCUT2D eigenvalue weighted by Crippen LogP contribution is 2.29. The number of Topliss-reactive ketones (excluding diaryl/α,β-unsaturated/α-hetero) is 1. The second kappa shape index (κ2) is 4.86. The van der Waals surface area contributed by atoms with Gasteiger partial charge in [-0.2, -0.15) is 8.78 Å². The van der Waals surface area contributed by atoms with Crippen molar-refractivity contribution in [1.82, 2.24) is 0 Å². The quantitative estimate of drug-likeness (QED) is 0.464. The fourth-order valence-electron chi connectivity index (χ4n) is 1.36. The van der Waals surface area contributed by atoms with Crippen LogP contribution in [-0.2, 0) is 0 Å². The van der Waals surface area contributed by atoms with Crippen molar-refractivity contribution in [2.45, 2.75) is 20.5 Å². The molecule has 0 aliphatic carbocycles. The van der Waals surface area contributed by atoms with Crippen LogP contribution in [0.5, 0.6) is 5.75 Å². The fourth-order valence-corrected chi connectivity index (χ4v) is 1.36. The molecule has 0 radical (unpaired) electrons. The highest BCUT2D eigenvalue weighted by atomic mass is 19.3. The molecule has 0 spiro atoms. The number of ketones is 1. The molecule has 0 unspecified atom stereocenters. The molecule has 1 rings (SSSR count). The summed E-state index contributed by atoms with van der Waals surface area (Å²) in [6.45, 7) is -0.522. The molecule has 0 heterocycles. The number of hydrogen-bond donors (Lipinski definition) is 0. The average molecular weight is 245 g/mol. The molecular weight excluding hydrogens is 236 g/mol. The summed E-state index contributed by atoms with van der Waals surface area (Å²) in [5.41, 5.74) is -0.310. The molecule has 0 aliphatic rings. The molecule has 5 nitrogen and oxygen atoms in total. The number of halogens is 2. The molecule has 0 aromatic heterocycles. The van der Waals surface area contributed by atoms with Crippen molar-refractivity contribution in [3.05, 3.63) is 33.4 Å². The minimum atomic E-state index is -3.10. The first kappa shape index (κ1) is 13.0. The van der Waals surface area contributed by atoms with E-state index >= 15 is 0 Å². The van der Waals surface area contributed by atoms with Crippen LogP contribution in [0.25, 0.3) is 0 Å². The van der Waals surface area contributed by atoms with E-state index in [4.69, 9.17) is 0 Å². The zero-order valence-corrected chi connectivity index (χ0v) is 9.07. The van der Waals surface area contributed by atoms with Crippen LogP contribution in [0.4, 0.5) is 14.5 Å². The normalized spacial score (nSPS) is 10.4. The molecule has 1 aromatic rings. The van der Waals surface area contributed by atoms with Crippen molar-refractivity contribution in [2.24, 2.45) is 0 Å². The third-order valence-corrected chi connectivity index (χ3v) is 2.15. The molecular formula is C10H9F2NO4. The Hall–Kier alpha value is -2.05. The van der Waals surface area contributed by atoms with Gasteiger partial charge in [-0.15, -0.1) is 0 Å². The van der Waals surface area contributed by atoms with Crippen LogP contribution in [0, 0.1) is 17.0 Å². The Bertz CT molecular complexity index is 474. The number of nitro groups is 1. The summed E-state index contributed by atoms with van der Waals surface area (Å²) in [6.07, 6.45) is 0. The molecule has 0 aliphatic heterocycles. The van der Waals surface area contributed by atoms with Crippen LogP contribution >= 0.6 is 0 Å². The van der Waals surface area contributed by atoms with E-state index in [1.54, 1.807) is 0 Å². The van der Waals surface area contributed by atoms with Crippen molar-refractivity contribution < 1.29 is 23.2 Å². The minimum Gasteiger partial charge on any atom is -0.434 e. The van der Waals surface area contributed by atoms with Crippen LogP contribution < -0.4 is 4.74 Å². The number of ether oxygens (including phenoxy) is 1. The topological polar surface area (TPSA) is 69.4 Å². The number of nitro benzene ring substituents is 1. The van der Waals surface area contributed by atoms with Gasteiger partial charge < -0.3 is 4.74 Å². The Morgan fingerprint density at radius 1 is 1.47 bits per heavy atom. The van der Waals surface area contributed by atoms with E-state index in [0.717, 1.165) is 12.1 Å². The van der Waals surface area contributed by atoms with Gasteiger partial charge in [-0.1, -0.05) is 0 Å². The molecule has 0 amide bonds. The number of hydrogen-bond acceptors (Lipinski definition) is 4. The van der Waals surface area contributed by atoms with E-state index in [-0.39, 0.29) is 16.9 Å². The number of benzene rings is 1. The summed E-state index contributed by atoms with van der Waals surface area (Å²) in [6, 6.07) is 1.91. The summed E-state index contributed by atoms with van der Waals surface area (Å²) >= 11 is 0. The fraction of sp³-hybridized carbons (Fsp3) is 0.300. The van der Waals surface area contributed by atoms with Crippen LogP contribution in [-0.4, -0.2) is 17.3 Å². The van der Waals surface area contributed by atoms with Crippen LogP contribution in [0.3, 0.4) is 0 Å². The molecule has 7 heteroatoms. The zero-order valence-electron chi connectivity index (χ0n) is 9.07. The van der Waals surface area contributed by atoms with Crippen molar-refractivity contribution in [1.29, 1.82) is 0 Å². The molecule has 92 valence electrons. The molecule has 0 saturated carbocycles. The van der Waals surface area contributed by atoms with Crippen molar-refractivity contribution in [2.75, 3.05) is 0 Å². The molecule has 0 N–H and O–H groups in total. The van der Waals surface area contributed by atoms with E-state index in [1.807, 2.05) is 0 Å². The van der Waals surface area contributed by atoms with E-state index in [0.29, 0.717) is 0 Å². The molecule has 0 saturated heterocycles. The lowest BCUT2D eigenvalue weighted by atomic mass is 10.0. The van der Waals surface area contributed by atoms with E-state index in [1.165, 1.54) is 13.8 Å². The molecule has 0 bridgehead atoms. The zero-order chi connectivity index (χ0) is 13.2. The second-order valence-corrected chi connectivity index (χ2v) is 3.31. The molecule has 0 atom stereocenters. The predicted molar refractivity (Wildman–Crippen MR) is 54.5 cm³/mol. The number of carbonyl (C=O) groups excluding carboxylic acids is 1. The maximum absolute atomic E-state index is 12.1. The molecule has 1 aromatic carbocycles. The van der Waals surface area contributed by atoms with Crippen molar-refractivity contribution in [3.8, 4) is 5.75 Å². The summed E-state index contributed by atoms with van der Waals surface area (Å²) in [5, 5.41) is 10.6.